The number of rotatable bonds is 1. The summed E-state index contributed by atoms with van der Waals surface area (Å²) in [5.74, 6) is 2.19. The van der Waals surface area contributed by atoms with Crippen molar-refractivity contribution in [1.29, 1.82) is 0 Å². The Morgan fingerprint density at radius 3 is 2.70 bits per heavy atom. The van der Waals surface area contributed by atoms with Crippen molar-refractivity contribution in [3.05, 3.63) is 86.6 Å². The van der Waals surface area contributed by atoms with Crippen LogP contribution in [0.3, 0.4) is 0 Å². The summed E-state index contributed by atoms with van der Waals surface area (Å²) in [6.07, 6.45) is 7.61. The fourth-order valence-electron chi connectivity index (χ4n) is 6.87. The molecule has 0 saturated heterocycles. The molecule has 5 aromatic rings. The number of carboxylic acids is 1. The average Bonchev–Trinajstić information content (AvgIpc) is 3.62. The molecule has 46 heavy (non-hydrogen) atoms. The highest BCUT2D eigenvalue weighted by Crippen LogP contribution is 2.43. The van der Waals surface area contributed by atoms with E-state index in [0.29, 0.717) is 30.2 Å². The van der Waals surface area contributed by atoms with Crippen molar-refractivity contribution in [2.24, 2.45) is 21.1 Å². The minimum absolute atomic E-state index is 0.280. The second-order valence-electron chi connectivity index (χ2n) is 12.0. The maximum atomic E-state index is 12.7. The molecule has 4 heterocycles. The molecule has 11 heteroatoms. The van der Waals surface area contributed by atoms with E-state index in [1.165, 1.54) is 16.2 Å². The lowest BCUT2D eigenvalue weighted by Crippen LogP contribution is -2.09. The monoisotopic (exact) mass is 673 g/mol. The minimum Gasteiger partial charge on any atom is -0.493 e. The highest BCUT2D eigenvalue weighted by molar-refractivity contribution is 7.98. The van der Waals surface area contributed by atoms with Gasteiger partial charge in [-0.2, -0.15) is 10.2 Å². The second kappa shape index (κ2) is 12.5. The van der Waals surface area contributed by atoms with Crippen LogP contribution in [-0.4, -0.2) is 41.8 Å². The number of aromatic carboxylic acids is 1. The molecule has 0 unspecified atom stereocenters. The largest absolute Gasteiger partial charge is 0.493 e. The Labute approximate surface area is 281 Å². The summed E-state index contributed by atoms with van der Waals surface area (Å²) in [6, 6.07) is 10.5. The Hall–Kier alpha value is -3.60. The number of fused-ring (bicyclic) bond motifs is 8. The van der Waals surface area contributed by atoms with E-state index in [1.807, 2.05) is 49.6 Å². The van der Waals surface area contributed by atoms with Crippen LogP contribution in [0.5, 0.6) is 5.75 Å². The normalized spacial score (nSPS) is 15.3. The topological polar surface area (TPSA) is 87.1 Å². The number of ether oxygens (including phenoxy) is 1. The van der Waals surface area contributed by atoms with E-state index in [9.17, 15) is 9.90 Å². The summed E-state index contributed by atoms with van der Waals surface area (Å²) >= 11 is 10.6. The highest BCUT2D eigenvalue weighted by Gasteiger charge is 2.27. The fourth-order valence-corrected chi connectivity index (χ4v) is 9.10. The van der Waals surface area contributed by atoms with Gasteiger partial charge in [-0.05, 0) is 68.0 Å². The van der Waals surface area contributed by atoms with Crippen molar-refractivity contribution in [2.75, 3.05) is 6.61 Å². The molecular formula is C35H36ClN5O3S2. The molecule has 1 aliphatic carbocycles. The van der Waals surface area contributed by atoms with Crippen molar-refractivity contribution in [3.63, 3.8) is 0 Å². The van der Waals surface area contributed by atoms with E-state index < -0.39 is 5.97 Å². The molecule has 8 nitrogen and oxygen atoms in total. The molecule has 7 rings (SSSR count). The molecular weight excluding hydrogens is 638 g/mol. The molecule has 0 atom stereocenters. The first-order chi connectivity index (χ1) is 22.2. The summed E-state index contributed by atoms with van der Waals surface area (Å²) in [5.41, 5.74) is 10.2. The highest BCUT2D eigenvalue weighted by atomic mass is 35.5. The number of thioether (sulfide) groups is 2. The third-order valence-electron chi connectivity index (χ3n) is 9.00. The van der Waals surface area contributed by atoms with E-state index in [4.69, 9.17) is 26.5 Å². The van der Waals surface area contributed by atoms with Gasteiger partial charge in [-0.15, -0.1) is 23.5 Å². The van der Waals surface area contributed by atoms with Gasteiger partial charge in [0.15, 0.2) is 0 Å². The van der Waals surface area contributed by atoms with E-state index in [0.717, 1.165) is 80.3 Å². The maximum Gasteiger partial charge on any atom is 0.352 e. The van der Waals surface area contributed by atoms with Crippen LogP contribution in [0.2, 0.25) is 5.02 Å². The van der Waals surface area contributed by atoms with Crippen LogP contribution in [0.1, 0.15) is 62.8 Å². The first kappa shape index (κ1) is 31.0. The molecule has 2 aliphatic rings. The maximum absolute atomic E-state index is 12.7. The molecule has 0 saturated carbocycles. The third-order valence-corrected chi connectivity index (χ3v) is 11.3. The smallest absolute Gasteiger partial charge is 0.352 e. The lowest BCUT2D eigenvalue weighted by molar-refractivity contribution is 0.0685. The number of benzene rings is 2. The minimum atomic E-state index is -0.955. The SMILES string of the molecule is Cc1nn(C)c2c1-c1c(Cl)ccc3c(c(C(=O)O)n(C)c13)CCCOc1cc(cc3c1C=CCC3)SCc1cc(nn1C)CSC2. The number of aromatic nitrogens is 5. The number of aryl methyl sites for hydroxylation is 6. The Bertz CT molecular complexity index is 2040. The molecule has 0 amide bonds. The van der Waals surface area contributed by atoms with Gasteiger partial charge in [0, 0.05) is 71.1 Å². The zero-order valence-electron chi connectivity index (χ0n) is 26.4. The third kappa shape index (κ3) is 5.54. The zero-order valence-corrected chi connectivity index (χ0v) is 28.8. The van der Waals surface area contributed by atoms with Gasteiger partial charge in [0.1, 0.15) is 11.4 Å². The van der Waals surface area contributed by atoms with Gasteiger partial charge in [-0.3, -0.25) is 9.36 Å². The molecule has 3 aromatic heterocycles. The quantitative estimate of drug-likeness (QED) is 0.193. The molecule has 1 N–H and O–H groups in total. The van der Waals surface area contributed by atoms with Crippen molar-refractivity contribution >= 4 is 58.1 Å². The van der Waals surface area contributed by atoms with Gasteiger partial charge >= 0.3 is 5.97 Å². The number of hydrogen-bond acceptors (Lipinski definition) is 6. The summed E-state index contributed by atoms with van der Waals surface area (Å²) in [6.45, 7) is 2.46. The lowest BCUT2D eigenvalue weighted by Gasteiger charge is -2.18. The van der Waals surface area contributed by atoms with Crippen LogP contribution in [0.4, 0.5) is 0 Å². The van der Waals surface area contributed by atoms with E-state index in [-0.39, 0.29) is 5.69 Å². The van der Waals surface area contributed by atoms with Crippen LogP contribution in [-0.2, 0) is 51.2 Å². The van der Waals surface area contributed by atoms with Gasteiger partial charge in [0.25, 0.3) is 0 Å². The van der Waals surface area contributed by atoms with Gasteiger partial charge in [-0.25, -0.2) is 4.79 Å². The summed E-state index contributed by atoms with van der Waals surface area (Å²) in [7, 11) is 5.80. The molecule has 0 fully saturated rings. The summed E-state index contributed by atoms with van der Waals surface area (Å²) < 4.78 is 12.2. The standard InChI is InChI=1S/C35H36ClN5O3S2/c1-20-31-29(41(4)37-20)19-45-17-22-15-23(40(3)38-22)18-46-24-14-21-8-5-6-9-25(21)30(16-24)44-13-7-10-26-27-11-12-28(36)32(31)33(27)39(2)34(26)35(42)43/h6,9,11-12,14-16H,5,7-8,10,13,17-19H2,1-4H3,(H,42,43). The van der Waals surface area contributed by atoms with Crippen LogP contribution >= 0.6 is 35.1 Å². The van der Waals surface area contributed by atoms with Crippen molar-refractivity contribution < 1.29 is 14.6 Å². The number of allylic oxidation sites excluding steroid dienone is 1. The molecule has 238 valence electrons. The zero-order chi connectivity index (χ0) is 32.1. The predicted octanol–water partition coefficient (Wildman–Crippen LogP) is 7.98. The molecule has 8 bridgehead atoms. The Morgan fingerprint density at radius 2 is 1.87 bits per heavy atom. The molecule has 1 aliphatic heterocycles. The van der Waals surface area contributed by atoms with Crippen LogP contribution in [0.15, 0.2) is 41.3 Å². The van der Waals surface area contributed by atoms with Crippen LogP contribution in [0.25, 0.3) is 28.1 Å². The van der Waals surface area contributed by atoms with Gasteiger partial charge < -0.3 is 14.4 Å². The summed E-state index contributed by atoms with van der Waals surface area (Å²) in [4.78, 5) is 13.9. The number of carboxylic acid groups (broad SMARTS) is 1. The van der Waals surface area contributed by atoms with Crippen LogP contribution in [0, 0.1) is 6.92 Å². The first-order valence-electron chi connectivity index (χ1n) is 15.5. The Kier molecular flexibility index (Phi) is 8.46. The number of halogens is 1. The lowest BCUT2D eigenvalue weighted by atomic mass is 9.96. The first-order valence-corrected chi connectivity index (χ1v) is 18.0. The van der Waals surface area contributed by atoms with Gasteiger partial charge in [0.05, 0.1) is 34.2 Å². The second-order valence-corrected chi connectivity index (χ2v) is 14.4. The van der Waals surface area contributed by atoms with E-state index in [2.05, 4.69) is 30.4 Å². The van der Waals surface area contributed by atoms with Crippen molar-refractivity contribution in [2.45, 2.75) is 54.8 Å². The van der Waals surface area contributed by atoms with Gasteiger partial charge in [-0.1, -0.05) is 29.8 Å². The summed E-state index contributed by atoms with van der Waals surface area (Å²) in [5, 5.41) is 21.5. The molecule has 2 aromatic carbocycles. The number of hydrogen-bond donors (Lipinski definition) is 1. The Balaban J connectivity index is 1.35. The van der Waals surface area contributed by atoms with Crippen LogP contribution < -0.4 is 4.74 Å². The van der Waals surface area contributed by atoms with Crippen molar-refractivity contribution in [3.8, 4) is 16.9 Å². The Morgan fingerprint density at radius 1 is 1.02 bits per heavy atom. The van der Waals surface area contributed by atoms with Gasteiger partial charge in [0.2, 0.25) is 0 Å². The van der Waals surface area contributed by atoms with Crippen molar-refractivity contribution in [1.82, 2.24) is 24.1 Å². The average molecular weight is 674 g/mol. The van der Waals surface area contributed by atoms with E-state index >= 15 is 0 Å². The number of carbonyl (C=O) groups is 1. The van der Waals surface area contributed by atoms with E-state index in [1.54, 1.807) is 28.1 Å². The fraction of sp³-hybridized carbons (Fsp3) is 0.343. The molecule has 0 radical (unpaired) electrons. The predicted molar refractivity (Wildman–Crippen MR) is 187 cm³/mol. The number of nitrogens with zero attached hydrogens (tertiary/aromatic N) is 5. The molecule has 0 spiro atoms.